The first-order chi connectivity index (χ1) is 8.38. The molecule has 0 spiro atoms. The van der Waals surface area contributed by atoms with E-state index in [0.717, 1.165) is 25.4 Å². The van der Waals surface area contributed by atoms with Crippen LogP contribution in [-0.4, -0.2) is 37.3 Å². The van der Waals surface area contributed by atoms with E-state index in [-0.39, 0.29) is 0 Å². The van der Waals surface area contributed by atoms with E-state index in [9.17, 15) is 0 Å². The van der Waals surface area contributed by atoms with Crippen LogP contribution in [0.3, 0.4) is 0 Å². The van der Waals surface area contributed by atoms with Gasteiger partial charge in [0.05, 0.1) is 24.4 Å². The lowest BCUT2D eigenvalue weighted by atomic mass is 10.1. The minimum absolute atomic E-state index is 0.445. The molecule has 4 nitrogen and oxygen atoms in total. The van der Waals surface area contributed by atoms with Crippen LogP contribution in [0.15, 0.2) is 5.38 Å². The molecule has 2 fully saturated rings. The number of nitrogens with zero attached hydrogens (tertiary/aromatic N) is 2. The summed E-state index contributed by atoms with van der Waals surface area (Å²) in [5.74, 6) is 0. The second kappa shape index (κ2) is 4.92. The van der Waals surface area contributed by atoms with Crippen LogP contribution in [0.1, 0.15) is 25.0 Å². The van der Waals surface area contributed by atoms with Crippen LogP contribution >= 0.6 is 11.3 Å². The molecule has 2 heterocycles. The lowest BCUT2D eigenvalue weighted by Gasteiger charge is -2.37. The van der Waals surface area contributed by atoms with Gasteiger partial charge in [0.25, 0.3) is 0 Å². The van der Waals surface area contributed by atoms with Gasteiger partial charge in [0.2, 0.25) is 0 Å². The highest BCUT2D eigenvalue weighted by Crippen LogP contribution is 2.34. The summed E-state index contributed by atoms with van der Waals surface area (Å²) in [5.41, 5.74) is 1.15. The molecule has 0 radical (unpaired) electrons. The van der Waals surface area contributed by atoms with E-state index in [1.807, 2.05) is 7.05 Å². The number of hydrogen-bond donors (Lipinski definition) is 1. The Morgan fingerprint density at radius 1 is 1.59 bits per heavy atom. The molecular weight excluding hydrogens is 234 g/mol. The average Bonchev–Trinajstić information content (AvgIpc) is 2.96. The van der Waals surface area contributed by atoms with Crippen molar-refractivity contribution in [2.45, 2.75) is 38.0 Å². The molecule has 1 aliphatic heterocycles. The fourth-order valence-corrected chi connectivity index (χ4v) is 3.76. The molecule has 1 saturated carbocycles. The fourth-order valence-electron chi connectivity index (χ4n) is 2.85. The monoisotopic (exact) mass is 253 g/mol. The van der Waals surface area contributed by atoms with Crippen LogP contribution < -0.4 is 10.2 Å². The minimum atomic E-state index is 0.445. The molecule has 0 aromatic carbocycles. The predicted octanol–water partition coefficient (Wildman–Crippen LogP) is 1.62. The molecule has 3 rings (SSSR count). The Morgan fingerprint density at radius 2 is 2.53 bits per heavy atom. The van der Waals surface area contributed by atoms with Crippen LogP contribution in [0.5, 0.6) is 0 Å². The van der Waals surface area contributed by atoms with Crippen LogP contribution in [0, 0.1) is 0 Å². The van der Waals surface area contributed by atoms with E-state index in [0.29, 0.717) is 12.1 Å². The van der Waals surface area contributed by atoms with Gasteiger partial charge in [-0.1, -0.05) is 0 Å². The van der Waals surface area contributed by atoms with Gasteiger partial charge in [0, 0.05) is 18.5 Å². The third-order valence-corrected chi connectivity index (χ3v) is 4.55. The maximum absolute atomic E-state index is 5.83. The quantitative estimate of drug-likeness (QED) is 0.888. The number of hydrogen-bond acceptors (Lipinski definition) is 5. The van der Waals surface area contributed by atoms with Crippen molar-refractivity contribution in [2.75, 3.05) is 25.1 Å². The molecule has 2 aliphatic rings. The van der Waals surface area contributed by atoms with Gasteiger partial charge in [0.1, 0.15) is 0 Å². The first-order valence-corrected chi connectivity index (χ1v) is 7.23. The summed E-state index contributed by atoms with van der Waals surface area (Å²) in [6.07, 6.45) is 4.21. The van der Waals surface area contributed by atoms with E-state index < -0.39 is 0 Å². The zero-order chi connectivity index (χ0) is 11.7. The van der Waals surface area contributed by atoms with Crippen molar-refractivity contribution in [1.82, 2.24) is 10.3 Å². The van der Waals surface area contributed by atoms with Crippen LogP contribution in [0.25, 0.3) is 0 Å². The van der Waals surface area contributed by atoms with Crippen molar-refractivity contribution in [2.24, 2.45) is 0 Å². The molecule has 17 heavy (non-hydrogen) atoms. The largest absolute Gasteiger partial charge is 0.374 e. The number of ether oxygens (including phenoxy) is 1. The molecular formula is C12H19N3OS. The van der Waals surface area contributed by atoms with Crippen molar-refractivity contribution >= 4 is 16.5 Å². The summed E-state index contributed by atoms with van der Waals surface area (Å²) in [6, 6.07) is 0.567. The molecule has 1 saturated heterocycles. The second-order valence-corrected chi connectivity index (χ2v) is 5.59. The lowest BCUT2D eigenvalue weighted by molar-refractivity contribution is 0.0256. The average molecular weight is 253 g/mol. The molecule has 1 aliphatic carbocycles. The number of rotatable bonds is 3. The molecule has 5 heteroatoms. The van der Waals surface area contributed by atoms with Gasteiger partial charge in [-0.15, -0.1) is 11.3 Å². The van der Waals surface area contributed by atoms with Crippen molar-refractivity contribution in [3.63, 3.8) is 0 Å². The molecule has 1 N–H and O–H groups in total. The van der Waals surface area contributed by atoms with Crippen molar-refractivity contribution in [3.8, 4) is 0 Å². The Kier molecular flexibility index (Phi) is 3.31. The summed E-state index contributed by atoms with van der Waals surface area (Å²) in [4.78, 5) is 7.17. The van der Waals surface area contributed by atoms with Gasteiger partial charge in [-0.25, -0.2) is 4.98 Å². The highest BCUT2D eigenvalue weighted by atomic mass is 32.1. The van der Waals surface area contributed by atoms with Gasteiger partial charge in [0.15, 0.2) is 5.13 Å². The SMILES string of the molecule is CNCc1csc(N2CCOC3CCCC32)n1. The highest BCUT2D eigenvalue weighted by molar-refractivity contribution is 7.13. The lowest BCUT2D eigenvalue weighted by Crippen LogP contribution is -2.48. The number of aromatic nitrogens is 1. The molecule has 1 aromatic heterocycles. The Balaban J connectivity index is 1.77. The summed E-state index contributed by atoms with van der Waals surface area (Å²) >= 11 is 1.76. The third-order valence-electron chi connectivity index (χ3n) is 3.63. The first-order valence-electron chi connectivity index (χ1n) is 6.36. The van der Waals surface area contributed by atoms with E-state index >= 15 is 0 Å². The topological polar surface area (TPSA) is 37.4 Å². The molecule has 2 atom stereocenters. The van der Waals surface area contributed by atoms with Gasteiger partial charge >= 0.3 is 0 Å². The standard InChI is InChI=1S/C12H19N3OS/c1-13-7-9-8-17-12(14-9)15-5-6-16-11-4-2-3-10(11)15/h8,10-11,13H,2-7H2,1H3. The summed E-state index contributed by atoms with van der Waals surface area (Å²) in [7, 11) is 1.96. The molecule has 1 aromatic rings. The number of morpholine rings is 1. The molecule has 0 bridgehead atoms. The third kappa shape index (κ3) is 2.19. The number of fused-ring (bicyclic) bond motifs is 1. The Hall–Kier alpha value is -0.650. The number of nitrogens with one attached hydrogen (secondary N) is 1. The van der Waals surface area contributed by atoms with Crippen molar-refractivity contribution < 1.29 is 4.74 Å². The van der Waals surface area contributed by atoms with Gasteiger partial charge in [-0.2, -0.15) is 0 Å². The van der Waals surface area contributed by atoms with Crippen molar-refractivity contribution in [1.29, 1.82) is 0 Å². The van der Waals surface area contributed by atoms with Crippen molar-refractivity contribution in [3.05, 3.63) is 11.1 Å². The van der Waals surface area contributed by atoms with Gasteiger partial charge < -0.3 is 15.0 Å². The molecule has 94 valence electrons. The fraction of sp³-hybridized carbons (Fsp3) is 0.750. The van der Waals surface area contributed by atoms with Crippen LogP contribution in [0.4, 0.5) is 5.13 Å². The van der Waals surface area contributed by atoms with E-state index in [2.05, 4.69) is 15.6 Å². The Labute approximate surface area is 106 Å². The maximum atomic E-state index is 5.83. The van der Waals surface area contributed by atoms with Gasteiger partial charge in [-0.05, 0) is 26.3 Å². The summed E-state index contributed by atoms with van der Waals surface area (Å²) in [5, 5.41) is 6.48. The maximum Gasteiger partial charge on any atom is 0.185 e. The Bertz CT molecular complexity index is 382. The number of thiazole rings is 1. The van der Waals surface area contributed by atoms with E-state index in [1.165, 1.54) is 24.4 Å². The summed E-state index contributed by atoms with van der Waals surface area (Å²) in [6.45, 7) is 2.70. The zero-order valence-electron chi connectivity index (χ0n) is 10.2. The zero-order valence-corrected chi connectivity index (χ0v) is 11.0. The van der Waals surface area contributed by atoms with Gasteiger partial charge in [-0.3, -0.25) is 0 Å². The highest BCUT2D eigenvalue weighted by Gasteiger charge is 2.37. The minimum Gasteiger partial charge on any atom is -0.374 e. The van der Waals surface area contributed by atoms with Crippen LogP contribution in [0.2, 0.25) is 0 Å². The smallest absolute Gasteiger partial charge is 0.185 e. The molecule has 2 unspecified atom stereocenters. The normalized spacial score (nSPS) is 28.4. The Morgan fingerprint density at radius 3 is 3.41 bits per heavy atom. The predicted molar refractivity (Wildman–Crippen MR) is 69.6 cm³/mol. The van der Waals surface area contributed by atoms with Crippen LogP contribution in [-0.2, 0) is 11.3 Å². The molecule has 0 amide bonds. The number of anilines is 1. The van der Waals surface area contributed by atoms with E-state index in [1.54, 1.807) is 11.3 Å². The summed E-state index contributed by atoms with van der Waals surface area (Å²) < 4.78 is 5.83. The van der Waals surface area contributed by atoms with E-state index in [4.69, 9.17) is 9.72 Å². The second-order valence-electron chi connectivity index (χ2n) is 4.75. The first kappa shape index (κ1) is 11.4.